The Morgan fingerprint density at radius 3 is 2.58 bits per heavy atom. The van der Waals surface area contributed by atoms with E-state index in [1.54, 1.807) is 6.08 Å². The minimum Gasteiger partial charge on any atom is -0.466 e. The second-order valence-electron chi connectivity index (χ2n) is 3.28. The van der Waals surface area contributed by atoms with Gasteiger partial charge in [-0.15, -0.1) is 0 Å². The summed E-state index contributed by atoms with van der Waals surface area (Å²) in [6.07, 6.45) is 9.96. The van der Waals surface area contributed by atoms with Crippen molar-refractivity contribution >= 4 is 5.97 Å². The van der Waals surface area contributed by atoms with Crippen molar-refractivity contribution in [1.82, 2.24) is 0 Å². The zero-order valence-corrected chi connectivity index (χ0v) is 7.58. The van der Waals surface area contributed by atoms with Gasteiger partial charge in [0.1, 0.15) is 0 Å². The lowest BCUT2D eigenvalue weighted by Gasteiger charge is -2.17. The van der Waals surface area contributed by atoms with E-state index in [9.17, 15) is 4.79 Å². The number of hydrogen-bond donors (Lipinski definition) is 0. The van der Waals surface area contributed by atoms with Crippen LogP contribution in [0, 0.1) is 5.92 Å². The number of ether oxygens (including phenoxy) is 1. The minimum atomic E-state index is -0.236. The van der Waals surface area contributed by atoms with Crippen LogP contribution in [0.15, 0.2) is 12.2 Å². The Hall–Kier alpha value is -0.790. The summed E-state index contributed by atoms with van der Waals surface area (Å²) in [5.41, 5.74) is 0. The van der Waals surface area contributed by atoms with Crippen LogP contribution in [0.4, 0.5) is 0 Å². The molecule has 0 radical (unpaired) electrons. The summed E-state index contributed by atoms with van der Waals surface area (Å²) in [4.78, 5) is 10.7. The van der Waals surface area contributed by atoms with Gasteiger partial charge in [-0.2, -0.15) is 0 Å². The molecule has 1 rings (SSSR count). The van der Waals surface area contributed by atoms with Gasteiger partial charge in [-0.1, -0.05) is 25.3 Å². The molecule has 0 amide bonds. The van der Waals surface area contributed by atoms with Crippen LogP contribution >= 0.6 is 0 Å². The SMILES string of the molecule is COC(=O)/C=C/C1CCCCC1. The summed E-state index contributed by atoms with van der Waals surface area (Å²) < 4.78 is 4.52. The van der Waals surface area contributed by atoms with E-state index in [2.05, 4.69) is 4.74 Å². The van der Waals surface area contributed by atoms with Gasteiger partial charge < -0.3 is 4.74 Å². The summed E-state index contributed by atoms with van der Waals surface area (Å²) in [5, 5.41) is 0. The maximum atomic E-state index is 10.7. The van der Waals surface area contributed by atoms with Gasteiger partial charge in [0.15, 0.2) is 0 Å². The molecule has 12 heavy (non-hydrogen) atoms. The Morgan fingerprint density at radius 2 is 2.00 bits per heavy atom. The molecule has 0 N–H and O–H groups in total. The van der Waals surface area contributed by atoms with Crippen molar-refractivity contribution < 1.29 is 9.53 Å². The van der Waals surface area contributed by atoms with Crippen molar-refractivity contribution in [2.24, 2.45) is 5.92 Å². The summed E-state index contributed by atoms with van der Waals surface area (Å²) >= 11 is 0. The molecule has 2 heteroatoms. The summed E-state index contributed by atoms with van der Waals surface area (Å²) in [6, 6.07) is 0. The molecular weight excluding hydrogens is 152 g/mol. The molecule has 1 saturated carbocycles. The van der Waals surface area contributed by atoms with Crippen LogP contribution < -0.4 is 0 Å². The first kappa shape index (κ1) is 9.30. The molecule has 1 fully saturated rings. The highest BCUT2D eigenvalue weighted by molar-refractivity contribution is 5.81. The van der Waals surface area contributed by atoms with Crippen molar-refractivity contribution in [3.05, 3.63) is 12.2 Å². The molecule has 0 saturated heterocycles. The monoisotopic (exact) mass is 168 g/mol. The highest BCUT2D eigenvalue weighted by atomic mass is 16.5. The second kappa shape index (κ2) is 4.96. The highest BCUT2D eigenvalue weighted by Gasteiger charge is 2.09. The summed E-state index contributed by atoms with van der Waals surface area (Å²) in [6.45, 7) is 0. The van der Waals surface area contributed by atoms with Gasteiger partial charge >= 0.3 is 5.97 Å². The number of esters is 1. The topological polar surface area (TPSA) is 26.3 Å². The fraction of sp³-hybridized carbons (Fsp3) is 0.700. The van der Waals surface area contributed by atoms with Crippen LogP contribution in [0.2, 0.25) is 0 Å². The van der Waals surface area contributed by atoms with Gasteiger partial charge in [0.05, 0.1) is 7.11 Å². The van der Waals surface area contributed by atoms with Crippen molar-refractivity contribution in [3.8, 4) is 0 Å². The van der Waals surface area contributed by atoms with Crippen molar-refractivity contribution in [2.45, 2.75) is 32.1 Å². The van der Waals surface area contributed by atoms with E-state index in [1.165, 1.54) is 39.2 Å². The zero-order chi connectivity index (χ0) is 8.81. The number of allylic oxidation sites excluding steroid dienone is 1. The molecule has 0 spiro atoms. The van der Waals surface area contributed by atoms with E-state index in [1.807, 2.05) is 6.08 Å². The number of carbonyl (C=O) groups excluding carboxylic acids is 1. The van der Waals surface area contributed by atoms with Crippen LogP contribution in [0.1, 0.15) is 32.1 Å². The maximum absolute atomic E-state index is 10.7. The molecule has 2 nitrogen and oxygen atoms in total. The van der Waals surface area contributed by atoms with Gasteiger partial charge in [-0.25, -0.2) is 4.79 Å². The summed E-state index contributed by atoms with van der Waals surface area (Å²) in [5.74, 6) is 0.374. The Balaban J connectivity index is 2.28. The molecule has 0 aliphatic heterocycles. The third kappa shape index (κ3) is 3.07. The van der Waals surface area contributed by atoms with Gasteiger partial charge in [0, 0.05) is 6.08 Å². The molecule has 1 aliphatic rings. The van der Waals surface area contributed by atoms with E-state index in [-0.39, 0.29) is 5.97 Å². The van der Waals surface area contributed by atoms with Crippen LogP contribution in [0.5, 0.6) is 0 Å². The lowest BCUT2D eigenvalue weighted by molar-refractivity contribution is -0.134. The quantitative estimate of drug-likeness (QED) is 0.467. The number of hydrogen-bond acceptors (Lipinski definition) is 2. The van der Waals surface area contributed by atoms with E-state index in [0.717, 1.165) is 0 Å². The second-order valence-corrected chi connectivity index (χ2v) is 3.28. The molecule has 0 atom stereocenters. The first-order valence-electron chi connectivity index (χ1n) is 4.59. The number of methoxy groups -OCH3 is 1. The van der Waals surface area contributed by atoms with E-state index < -0.39 is 0 Å². The normalized spacial score (nSPS) is 19.8. The molecule has 0 aromatic carbocycles. The molecular formula is C10H16O2. The van der Waals surface area contributed by atoms with Gasteiger partial charge in [0.2, 0.25) is 0 Å². The van der Waals surface area contributed by atoms with E-state index in [4.69, 9.17) is 0 Å². The lowest BCUT2D eigenvalue weighted by Crippen LogP contribution is -2.04. The Bertz CT molecular complexity index is 167. The smallest absolute Gasteiger partial charge is 0.330 e. The van der Waals surface area contributed by atoms with Crippen LogP contribution in [0.3, 0.4) is 0 Å². The predicted molar refractivity (Wildman–Crippen MR) is 47.7 cm³/mol. The van der Waals surface area contributed by atoms with Crippen molar-refractivity contribution in [3.63, 3.8) is 0 Å². The molecule has 68 valence electrons. The molecule has 0 bridgehead atoms. The molecule has 0 unspecified atom stereocenters. The van der Waals surface area contributed by atoms with Gasteiger partial charge in [0.25, 0.3) is 0 Å². The van der Waals surface area contributed by atoms with Crippen molar-refractivity contribution in [2.75, 3.05) is 7.11 Å². The average molecular weight is 168 g/mol. The third-order valence-electron chi connectivity index (χ3n) is 2.36. The fourth-order valence-corrected chi connectivity index (χ4v) is 1.61. The predicted octanol–water partition coefficient (Wildman–Crippen LogP) is 2.30. The highest BCUT2D eigenvalue weighted by Crippen LogP contribution is 2.24. The first-order chi connectivity index (χ1) is 5.83. The van der Waals surface area contributed by atoms with Gasteiger partial charge in [-0.05, 0) is 18.8 Å². The Morgan fingerprint density at radius 1 is 1.33 bits per heavy atom. The number of carbonyl (C=O) groups is 1. The largest absolute Gasteiger partial charge is 0.466 e. The zero-order valence-electron chi connectivity index (χ0n) is 7.58. The van der Waals surface area contributed by atoms with Crippen molar-refractivity contribution in [1.29, 1.82) is 0 Å². The Kier molecular flexibility index (Phi) is 3.85. The average Bonchev–Trinajstić information content (AvgIpc) is 2.16. The Labute approximate surface area is 73.6 Å². The van der Waals surface area contributed by atoms with Crippen LogP contribution in [-0.4, -0.2) is 13.1 Å². The van der Waals surface area contributed by atoms with E-state index >= 15 is 0 Å². The molecule has 0 aromatic rings. The van der Waals surface area contributed by atoms with Crippen LogP contribution in [0.25, 0.3) is 0 Å². The van der Waals surface area contributed by atoms with Crippen LogP contribution in [-0.2, 0) is 9.53 Å². The lowest BCUT2D eigenvalue weighted by atomic mass is 9.89. The maximum Gasteiger partial charge on any atom is 0.330 e. The molecule has 1 aliphatic carbocycles. The molecule has 0 aromatic heterocycles. The van der Waals surface area contributed by atoms with E-state index in [0.29, 0.717) is 5.92 Å². The number of rotatable bonds is 2. The van der Waals surface area contributed by atoms with Gasteiger partial charge in [-0.3, -0.25) is 0 Å². The molecule has 0 heterocycles. The summed E-state index contributed by atoms with van der Waals surface area (Å²) in [7, 11) is 1.41. The fourth-order valence-electron chi connectivity index (χ4n) is 1.61. The first-order valence-corrected chi connectivity index (χ1v) is 4.59. The standard InChI is InChI=1S/C10H16O2/c1-12-10(11)8-7-9-5-3-2-4-6-9/h7-9H,2-6H2,1H3/b8-7+. The minimum absolute atomic E-state index is 0.236. The third-order valence-corrected chi connectivity index (χ3v) is 2.36.